The maximum atomic E-state index is 5.71. The number of aryl methyl sites for hydroxylation is 4. The number of nitrogens with one attached hydrogen (secondary N) is 1. The number of nitrogens with two attached hydrogens (primary N) is 1. The quantitative estimate of drug-likeness (QED) is 0.640. The highest BCUT2D eigenvalue weighted by atomic mass is 15.3. The highest BCUT2D eigenvalue weighted by Crippen LogP contribution is 2.23. The van der Waals surface area contributed by atoms with Crippen LogP contribution in [-0.4, -0.2) is 9.78 Å². The van der Waals surface area contributed by atoms with Gasteiger partial charge in [0, 0.05) is 7.05 Å². The average Bonchev–Trinajstić information content (AvgIpc) is 2.64. The standard InChI is InChI=1S/C14H20N4/c1-9-5-6-12(7-10(9)2)14(16-15)13-8-11(3)17-18(13)4/h5-8,14,16H,15H2,1-4H3. The smallest absolute Gasteiger partial charge is 0.0878 e. The molecule has 0 saturated carbocycles. The van der Waals surface area contributed by atoms with Gasteiger partial charge in [0.1, 0.15) is 0 Å². The summed E-state index contributed by atoms with van der Waals surface area (Å²) >= 11 is 0. The van der Waals surface area contributed by atoms with Crippen molar-refractivity contribution in [1.29, 1.82) is 0 Å². The zero-order valence-corrected chi connectivity index (χ0v) is 11.4. The van der Waals surface area contributed by atoms with Crippen LogP contribution in [0, 0.1) is 20.8 Å². The lowest BCUT2D eigenvalue weighted by molar-refractivity contribution is 0.574. The molecule has 3 N–H and O–H groups in total. The van der Waals surface area contributed by atoms with Gasteiger partial charge in [0.25, 0.3) is 0 Å². The van der Waals surface area contributed by atoms with Crippen molar-refractivity contribution in [2.75, 3.05) is 0 Å². The second kappa shape index (κ2) is 4.92. The molecular formula is C14H20N4. The maximum Gasteiger partial charge on any atom is 0.0878 e. The van der Waals surface area contributed by atoms with Gasteiger partial charge >= 0.3 is 0 Å². The Morgan fingerprint density at radius 2 is 1.89 bits per heavy atom. The van der Waals surface area contributed by atoms with Crippen LogP contribution in [0.2, 0.25) is 0 Å². The van der Waals surface area contributed by atoms with Crippen LogP contribution in [0.25, 0.3) is 0 Å². The zero-order chi connectivity index (χ0) is 13.3. The molecule has 0 radical (unpaired) electrons. The summed E-state index contributed by atoms with van der Waals surface area (Å²) in [5.74, 6) is 5.71. The molecule has 1 unspecified atom stereocenters. The van der Waals surface area contributed by atoms with Crippen LogP contribution >= 0.6 is 0 Å². The molecule has 1 aromatic carbocycles. The molecule has 1 aromatic heterocycles. The van der Waals surface area contributed by atoms with Gasteiger partial charge in [-0.15, -0.1) is 0 Å². The molecule has 4 heteroatoms. The molecular weight excluding hydrogens is 224 g/mol. The second-order valence-corrected chi connectivity index (χ2v) is 4.78. The van der Waals surface area contributed by atoms with Crippen LogP contribution in [-0.2, 0) is 7.05 Å². The summed E-state index contributed by atoms with van der Waals surface area (Å²) < 4.78 is 1.87. The van der Waals surface area contributed by atoms with Crippen LogP contribution in [0.15, 0.2) is 24.3 Å². The first kappa shape index (κ1) is 12.8. The number of hydrazine groups is 1. The summed E-state index contributed by atoms with van der Waals surface area (Å²) in [7, 11) is 1.94. The summed E-state index contributed by atoms with van der Waals surface area (Å²) in [5.41, 5.74) is 8.65. The van der Waals surface area contributed by atoms with Gasteiger partial charge in [-0.05, 0) is 43.5 Å². The predicted octanol–water partition coefficient (Wildman–Crippen LogP) is 1.90. The third kappa shape index (κ3) is 2.30. The molecule has 1 heterocycles. The average molecular weight is 244 g/mol. The number of hydrogen-bond donors (Lipinski definition) is 2. The fourth-order valence-corrected chi connectivity index (χ4v) is 2.20. The lowest BCUT2D eigenvalue weighted by Crippen LogP contribution is -2.30. The van der Waals surface area contributed by atoms with Crippen molar-refractivity contribution in [2.45, 2.75) is 26.8 Å². The number of rotatable bonds is 3. The number of nitrogens with zero attached hydrogens (tertiary/aromatic N) is 2. The Morgan fingerprint density at radius 1 is 1.17 bits per heavy atom. The molecule has 2 aromatic rings. The van der Waals surface area contributed by atoms with Gasteiger partial charge in [-0.25, -0.2) is 5.43 Å². The molecule has 1 atom stereocenters. The van der Waals surface area contributed by atoms with E-state index in [0.29, 0.717) is 0 Å². The van der Waals surface area contributed by atoms with E-state index in [4.69, 9.17) is 5.84 Å². The molecule has 0 bridgehead atoms. The number of benzene rings is 1. The molecule has 0 aliphatic carbocycles. The van der Waals surface area contributed by atoms with Crippen molar-refractivity contribution in [1.82, 2.24) is 15.2 Å². The van der Waals surface area contributed by atoms with Gasteiger partial charge in [-0.2, -0.15) is 5.10 Å². The predicted molar refractivity (Wildman–Crippen MR) is 73.0 cm³/mol. The minimum Gasteiger partial charge on any atom is -0.271 e. The monoisotopic (exact) mass is 244 g/mol. The molecule has 0 spiro atoms. The van der Waals surface area contributed by atoms with Gasteiger partial charge in [-0.1, -0.05) is 18.2 Å². The first-order chi connectivity index (χ1) is 8.52. The second-order valence-electron chi connectivity index (χ2n) is 4.78. The molecule has 2 rings (SSSR count). The lowest BCUT2D eigenvalue weighted by atomic mass is 9.99. The summed E-state index contributed by atoms with van der Waals surface area (Å²) in [6.45, 7) is 6.20. The summed E-state index contributed by atoms with van der Waals surface area (Å²) in [6, 6.07) is 8.42. The summed E-state index contributed by atoms with van der Waals surface area (Å²) in [4.78, 5) is 0. The van der Waals surface area contributed by atoms with E-state index in [-0.39, 0.29) is 6.04 Å². The highest BCUT2D eigenvalue weighted by molar-refractivity contribution is 5.35. The largest absolute Gasteiger partial charge is 0.271 e. The molecule has 18 heavy (non-hydrogen) atoms. The highest BCUT2D eigenvalue weighted by Gasteiger charge is 2.17. The van der Waals surface area contributed by atoms with Gasteiger partial charge < -0.3 is 0 Å². The Labute approximate surface area is 108 Å². The third-order valence-corrected chi connectivity index (χ3v) is 3.36. The van der Waals surface area contributed by atoms with Gasteiger partial charge in [0.2, 0.25) is 0 Å². The molecule has 0 saturated heterocycles. The minimum atomic E-state index is -0.0319. The molecule has 0 aliphatic rings. The summed E-state index contributed by atoms with van der Waals surface area (Å²) in [5, 5.41) is 4.37. The molecule has 0 fully saturated rings. The minimum absolute atomic E-state index is 0.0319. The van der Waals surface area contributed by atoms with E-state index in [1.54, 1.807) is 0 Å². The molecule has 4 nitrogen and oxygen atoms in total. The Kier molecular flexibility index (Phi) is 3.50. The van der Waals surface area contributed by atoms with Crippen molar-refractivity contribution in [3.63, 3.8) is 0 Å². The Balaban J connectivity index is 2.45. The maximum absolute atomic E-state index is 5.71. The van der Waals surface area contributed by atoms with Gasteiger partial charge in [-0.3, -0.25) is 10.5 Å². The lowest BCUT2D eigenvalue weighted by Gasteiger charge is -2.17. The van der Waals surface area contributed by atoms with Crippen molar-refractivity contribution in [3.05, 3.63) is 52.3 Å². The van der Waals surface area contributed by atoms with Crippen LogP contribution in [0.1, 0.15) is 34.1 Å². The van der Waals surface area contributed by atoms with Crippen LogP contribution in [0.4, 0.5) is 0 Å². The molecule has 0 amide bonds. The van der Waals surface area contributed by atoms with E-state index in [2.05, 4.69) is 48.6 Å². The molecule has 96 valence electrons. The summed E-state index contributed by atoms with van der Waals surface area (Å²) in [6.07, 6.45) is 0. The van der Waals surface area contributed by atoms with E-state index >= 15 is 0 Å². The van der Waals surface area contributed by atoms with E-state index in [1.165, 1.54) is 11.1 Å². The van der Waals surface area contributed by atoms with Gasteiger partial charge in [0.15, 0.2) is 0 Å². The normalized spacial score (nSPS) is 12.7. The fourth-order valence-electron chi connectivity index (χ4n) is 2.20. The van der Waals surface area contributed by atoms with Crippen LogP contribution < -0.4 is 11.3 Å². The fraction of sp³-hybridized carbons (Fsp3) is 0.357. The SMILES string of the molecule is Cc1cc(C(NN)c2ccc(C)c(C)c2)n(C)n1. The Morgan fingerprint density at radius 3 is 2.39 bits per heavy atom. The zero-order valence-electron chi connectivity index (χ0n) is 11.4. The van der Waals surface area contributed by atoms with Crippen molar-refractivity contribution < 1.29 is 0 Å². The molecule has 0 aliphatic heterocycles. The van der Waals surface area contributed by atoms with Crippen LogP contribution in [0.5, 0.6) is 0 Å². The Bertz CT molecular complexity index is 557. The van der Waals surface area contributed by atoms with Crippen molar-refractivity contribution in [2.24, 2.45) is 12.9 Å². The first-order valence-corrected chi connectivity index (χ1v) is 6.06. The van der Waals surface area contributed by atoms with Crippen molar-refractivity contribution >= 4 is 0 Å². The van der Waals surface area contributed by atoms with E-state index in [0.717, 1.165) is 17.0 Å². The topological polar surface area (TPSA) is 55.9 Å². The third-order valence-electron chi connectivity index (χ3n) is 3.36. The van der Waals surface area contributed by atoms with Gasteiger partial charge in [0.05, 0.1) is 17.4 Å². The number of hydrogen-bond acceptors (Lipinski definition) is 3. The van der Waals surface area contributed by atoms with E-state index in [9.17, 15) is 0 Å². The number of aromatic nitrogens is 2. The van der Waals surface area contributed by atoms with Crippen LogP contribution in [0.3, 0.4) is 0 Å². The Hall–Kier alpha value is -1.65. The van der Waals surface area contributed by atoms with E-state index in [1.807, 2.05) is 18.7 Å². The first-order valence-electron chi connectivity index (χ1n) is 6.06. The van der Waals surface area contributed by atoms with E-state index < -0.39 is 0 Å². The van der Waals surface area contributed by atoms with Crippen molar-refractivity contribution in [3.8, 4) is 0 Å².